The van der Waals surface area contributed by atoms with E-state index in [-0.39, 0.29) is 5.56 Å². The van der Waals surface area contributed by atoms with Crippen LogP contribution >= 0.6 is 0 Å². The van der Waals surface area contributed by atoms with Crippen molar-refractivity contribution in [2.45, 2.75) is 20.4 Å². The number of carbonyl (C=O) groups excluding carboxylic acids is 1. The van der Waals surface area contributed by atoms with Gasteiger partial charge in [0.25, 0.3) is 5.56 Å². The van der Waals surface area contributed by atoms with Gasteiger partial charge < -0.3 is 4.98 Å². The van der Waals surface area contributed by atoms with Crippen LogP contribution in [0, 0.1) is 13.8 Å². The van der Waals surface area contributed by atoms with Gasteiger partial charge in [0, 0.05) is 5.69 Å². The molecule has 0 saturated heterocycles. The lowest BCUT2D eigenvalue weighted by Crippen LogP contribution is -2.15. The first-order valence-electron chi connectivity index (χ1n) is 6.57. The Balaban J connectivity index is 2.06. The predicted molar refractivity (Wildman–Crippen MR) is 78.6 cm³/mol. The van der Waals surface area contributed by atoms with Gasteiger partial charge in [-0.25, -0.2) is 4.98 Å². The third-order valence-electron chi connectivity index (χ3n) is 3.52. The first kappa shape index (κ1) is 13.2. The number of aromatic nitrogens is 4. The smallest absolute Gasteiger partial charge is 0.258 e. The Morgan fingerprint density at radius 1 is 1.29 bits per heavy atom. The highest BCUT2D eigenvalue weighted by Gasteiger charge is 2.12. The first-order chi connectivity index (χ1) is 10.1. The van der Waals surface area contributed by atoms with Gasteiger partial charge in [0.2, 0.25) is 0 Å². The third-order valence-corrected chi connectivity index (χ3v) is 3.52. The molecule has 0 spiro atoms. The van der Waals surface area contributed by atoms with Gasteiger partial charge in [-0.3, -0.25) is 14.3 Å². The van der Waals surface area contributed by atoms with Crippen LogP contribution in [0.4, 0.5) is 0 Å². The highest BCUT2D eigenvalue weighted by atomic mass is 16.1. The van der Waals surface area contributed by atoms with Gasteiger partial charge in [-0.2, -0.15) is 5.10 Å². The van der Waals surface area contributed by atoms with E-state index >= 15 is 0 Å². The molecule has 0 saturated carbocycles. The Labute approximate surface area is 120 Å². The molecule has 21 heavy (non-hydrogen) atoms. The SMILES string of the molecule is Cc1nn(Cc2nc3ccccc3c(=O)[nH]2)c(C)c1C=O. The summed E-state index contributed by atoms with van der Waals surface area (Å²) in [6.07, 6.45) is 0.796. The quantitative estimate of drug-likeness (QED) is 0.740. The van der Waals surface area contributed by atoms with Crippen molar-refractivity contribution in [2.75, 3.05) is 0 Å². The summed E-state index contributed by atoms with van der Waals surface area (Å²) in [4.78, 5) is 30.2. The average molecular weight is 282 g/mol. The first-order valence-corrected chi connectivity index (χ1v) is 6.57. The second-order valence-electron chi connectivity index (χ2n) is 4.89. The summed E-state index contributed by atoms with van der Waals surface area (Å²) < 4.78 is 1.67. The van der Waals surface area contributed by atoms with Gasteiger partial charge in [0.1, 0.15) is 5.82 Å². The number of H-pyrrole nitrogens is 1. The van der Waals surface area contributed by atoms with Crippen LogP contribution in [-0.2, 0) is 6.54 Å². The minimum Gasteiger partial charge on any atom is -0.308 e. The fraction of sp³-hybridized carbons (Fsp3) is 0.200. The largest absolute Gasteiger partial charge is 0.308 e. The molecule has 1 aromatic carbocycles. The van der Waals surface area contributed by atoms with E-state index in [1.807, 2.05) is 13.0 Å². The number of hydrogen-bond acceptors (Lipinski definition) is 4. The van der Waals surface area contributed by atoms with Crippen LogP contribution in [0.15, 0.2) is 29.1 Å². The third kappa shape index (κ3) is 2.24. The van der Waals surface area contributed by atoms with Crippen LogP contribution in [0.1, 0.15) is 27.6 Å². The number of fused-ring (bicyclic) bond motifs is 1. The standard InChI is InChI=1S/C15H14N4O2/c1-9-12(8-20)10(2)19(18-9)7-14-16-13-6-4-3-5-11(13)15(21)17-14/h3-6,8H,7H2,1-2H3,(H,16,17,21). The number of aromatic amines is 1. The Hall–Kier alpha value is -2.76. The zero-order chi connectivity index (χ0) is 15.0. The Morgan fingerprint density at radius 3 is 2.76 bits per heavy atom. The average Bonchev–Trinajstić information content (AvgIpc) is 2.73. The Morgan fingerprint density at radius 2 is 2.05 bits per heavy atom. The molecule has 0 aliphatic heterocycles. The van der Waals surface area contributed by atoms with Crippen LogP contribution in [-0.4, -0.2) is 26.0 Å². The summed E-state index contributed by atoms with van der Waals surface area (Å²) in [5.41, 5.74) is 2.49. The molecular weight excluding hydrogens is 268 g/mol. The number of hydrogen-bond donors (Lipinski definition) is 1. The van der Waals surface area contributed by atoms with Gasteiger partial charge in [0.15, 0.2) is 6.29 Å². The minimum atomic E-state index is -0.173. The molecule has 0 bridgehead atoms. The highest BCUT2D eigenvalue weighted by molar-refractivity contribution is 5.78. The topological polar surface area (TPSA) is 80.6 Å². The molecule has 2 aromatic heterocycles. The second-order valence-corrected chi connectivity index (χ2v) is 4.89. The molecule has 6 nitrogen and oxygen atoms in total. The van der Waals surface area contributed by atoms with Crippen LogP contribution in [0.3, 0.4) is 0 Å². The summed E-state index contributed by atoms with van der Waals surface area (Å²) >= 11 is 0. The van der Waals surface area contributed by atoms with Gasteiger partial charge in [-0.15, -0.1) is 0 Å². The minimum absolute atomic E-state index is 0.173. The van der Waals surface area contributed by atoms with Crippen LogP contribution in [0.2, 0.25) is 0 Å². The number of nitrogens with one attached hydrogen (secondary N) is 1. The molecule has 0 radical (unpaired) electrons. The van der Waals surface area contributed by atoms with Crippen molar-refractivity contribution in [3.05, 3.63) is 57.4 Å². The molecule has 0 aliphatic carbocycles. The zero-order valence-corrected chi connectivity index (χ0v) is 11.8. The van der Waals surface area contributed by atoms with Crippen LogP contribution in [0.25, 0.3) is 10.9 Å². The number of benzene rings is 1. The number of nitrogens with zero attached hydrogens (tertiary/aromatic N) is 3. The van der Waals surface area contributed by atoms with Crippen molar-refractivity contribution in [1.29, 1.82) is 0 Å². The van der Waals surface area contributed by atoms with Gasteiger partial charge in [-0.05, 0) is 26.0 Å². The Bertz CT molecular complexity index is 892. The van der Waals surface area contributed by atoms with Gasteiger partial charge >= 0.3 is 0 Å². The molecule has 2 heterocycles. The maximum absolute atomic E-state index is 12.0. The van der Waals surface area contributed by atoms with Crippen molar-refractivity contribution in [1.82, 2.24) is 19.7 Å². The fourth-order valence-electron chi connectivity index (χ4n) is 2.39. The van der Waals surface area contributed by atoms with Crippen molar-refractivity contribution in [3.63, 3.8) is 0 Å². The van der Waals surface area contributed by atoms with Crippen LogP contribution < -0.4 is 5.56 Å². The lowest BCUT2D eigenvalue weighted by Gasteiger charge is -2.05. The molecule has 3 aromatic rings. The normalized spacial score (nSPS) is 11.0. The number of aryl methyl sites for hydroxylation is 1. The summed E-state index contributed by atoms with van der Waals surface area (Å²) in [5.74, 6) is 0.516. The molecule has 1 N–H and O–H groups in total. The van der Waals surface area contributed by atoms with Gasteiger partial charge in [0.05, 0.1) is 28.7 Å². The van der Waals surface area contributed by atoms with E-state index in [0.29, 0.717) is 34.5 Å². The molecule has 0 fully saturated rings. The Kier molecular flexibility index (Phi) is 3.13. The molecule has 3 rings (SSSR count). The van der Waals surface area contributed by atoms with E-state index in [0.717, 1.165) is 12.0 Å². The zero-order valence-electron chi connectivity index (χ0n) is 11.8. The van der Waals surface area contributed by atoms with E-state index in [1.54, 1.807) is 29.8 Å². The van der Waals surface area contributed by atoms with Crippen molar-refractivity contribution in [3.8, 4) is 0 Å². The molecule has 6 heteroatoms. The second kappa shape index (κ2) is 4.97. The molecule has 0 atom stereocenters. The molecule has 0 unspecified atom stereocenters. The summed E-state index contributed by atoms with van der Waals surface area (Å²) in [5, 5.41) is 4.87. The molecule has 0 amide bonds. The number of aldehydes is 1. The maximum Gasteiger partial charge on any atom is 0.258 e. The fourth-order valence-corrected chi connectivity index (χ4v) is 2.39. The summed E-state index contributed by atoms with van der Waals surface area (Å²) in [6, 6.07) is 7.17. The molecule has 0 aliphatic rings. The number of carbonyl (C=O) groups is 1. The van der Waals surface area contributed by atoms with Crippen LogP contribution in [0.5, 0.6) is 0 Å². The van der Waals surface area contributed by atoms with E-state index in [2.05, 4.69) is 15.1 Å². The number of para-hydroxylation sites is 1. The van der Waals surface area contributed by atoms with Crippen molar-refractivity contribution < 1.29 is 4.79 Å². The summed E-state index contributed by atoms with van der Waals surface area (Å²) in [7, 11) is 0. The maximum atomic E-state index is 12.0. The van der Waals surface area contributed by atoms with E-state index in [4.69, 9.17) is 0 Å². The molecular formula is C15H14N4O2. The molecule has 106 valence electrons. The van der Waals surface area contributed by atoms with E-state index < -0.39 is 0 Å². The highest BCUT2D eigenvalue weighted by Crippen LogP contribution is 2.12. The van der Waals surface area contributed by atoms with E-state index in [9.17, 15) is 9.59 Å². The van der Waals surface area contributed by atoms with Crippen molar-refractivity contribution >= 4 is 17.2 Å². The number of rotatable bonds is 3. The predicted octanol–water partition coefficient (Wildman–Crippen LogP) is 1.60. The lowest BCUT2D eigenvalue weighted by molar-refractivity contribution is 0.112. The van der Waals surface area contributed by atoms with Crippen molar-refractivity contribution in [2.24, 2.45) is 0 Å². The monoisotopic (exact) mass is 282 g/mol. The van der Waals surface area contributed by atoms with E-state index in [1.165, 1.54) is 0 Å². The van der Waals surface area contributed by atoms with Gasteiger partial charge in [-0.1, -0.05) is 12.1 Å². The lowest BCUT2D eigenvalue weighted by atomic mass is 10.2. The summed E-state index contributed by atoms with van der Waals surface area (Å²) in [6.45, 7) is 3.92.